The molecule has 4 heteroatoms. The Hall–Kier alpha value is 1.25. The molecule has 0 amide bonds. The summed E-state index contributed by atoms with van der Waals surface area (Å²) in [4.78, 5) is 0. The summed E-state index contributed by atoms with van der Waals surface area (Å²) in [6.07, 6.45) is 0. The Kier molecular flexibility index (Phi) is 433. The van der Waals surface area contributed by atoms with Gasteiger partial charge in [-0.3, -0.25) is 0 Å². The van der Waals surface area contributed by atoms with Crippen LogP contribution in [0.15, 0.2) is 0 Å². The van der Waals surface area contributed by atoms with E-state index in [1.807, 2.05) is 0 Å². The van der Waals surface area contributed by atoms with Crippen molar-refractivity contribution in [2.75, 3.05) is 0 Å². The second-order valence-corrected chi connectivity index (χ2v) is 0. The number of rotatable bonds is 0. The average molecular weight is 135 g/mol. The van der Waals surface area contributed by atoms with Gasteiger partial charge in [0.25, 0.3) is 0 Å². The number of halogens is 2. The second kappa shape index (κ2) is 28.6. The van der Waals surface area contributed by atoms with E-state index in [4.69, 9.17) is 0 Å². The van der Waals surface area contributed by atoms with E-state index in [2.05, 4.69) is 0 Å². The summed E-state index contributed by atoms with van der Waals surface area (Å²) in [7, 11) is 0. The van der Waals surface area contributed by atoms with Gasteiger partial charge >= 0.3 is 21.7 Å². The Bertz CT molecular complexity index is 6.00. The van der Waals surface area contributed by atoms with Gasteiger partial charge in [0, 0.05) is 0 Å². The van der Waals surface area contributed by atoms with Crippen molar-refractivity contribution in [3.05, 3.63) is 0 Å². The summed E-state index contributed by atoms with van der Waals surface area (Å²) in [5.41, 5.74) is 0. The van der Waals surface area contributed by atoms with Crippen molar-refractivity contribution in [3.8, 4) is 0 Å². The van der Waals surface area contributed by atoms with Gasteiger partial charge in [0.15, 0.2) is 0 Å². The molecule has 4 heavy (non-hydrogen) atoms. The predicted octanol–water partition coefficient (Wildman–Crippen LogP) is -6.11. The first-order valence-electron chi connectivity index (χ1n) is 0. The monoisotopic (exact) mass is 134 g/mol. The summed E-state index contributed by atoms with van der Waals surface area (Å²) >= 11 is 0. The summed E-state index contributed by atoms with van der Waals surface area (Å²) in [5.74, 6) is 0. The van der Waals surface area contributed by atoms with E-state index in [0.29, 0.717) is 0 Å². The molecule has 1 nitrogen and oxygen atoms in total. The van der Waals surface area contributed by atoms with E-state index in [-0.39, 0.29) is 52.0 Å². The van der Waals surface area contributed by atoms with Crippen LogP contribution in [0.2, 0.25) is 0 Å². The minimum Gasteiger partial charge on any atom is -2.00 e. The van der Waals surface area contributed by atoms with Gasteiger partial charge in [-0.1, -0.05) is 0 Å². The molecule has 0 aliphatic heterocycles. The van der Waals surface area contributed by atoms with Crippen molar-refractivity contribution in [1.82, 2.24) is 0 Å². The fourth-order valence-electron chi connectivity index (χ4n) is 0. The molecule has 0 aromatic rings. The van der Waals surface area contributed by atoms with E-state index in [1.165, 1.54) is 0 Å². The predicted molar refractivity (Wildman–Crippen MR) is 0.686 cm³/mol. The van der Waals surface area contributed by atoms with Gasteiger partial charge in [-0.2, -0.15) is 0 Å². The van der Waals surface area contributed by atoms with Crippen molar-refractivity contribution >= 4 is 0 Å². The van der Waals surface area contributed by atoms with Crippen LogP contribution in [0.1, 0.15) is 0 Å². The largest absolute Gasteiger partial charge is 4.00 e. The fraction of sp³-hybridized carbons (Fsp3) is 0. The van der Waals surface area contributed by atoms with Crippen molar-refractivity contribution in [2.24, 2.45) is 0 Å². The third-order valence-electron chi connectivity index (χ3n) is 0. The molecule has 0 aliphatic carbocycles. The average Bonchev–Trinajstić information content (AvgIpc) is 0. The van der Waals surface area contributed by atoms with Gasteiger partial charge in [-0.05, 0) is 0 Å². The minimum absolute atomic E-state index is 0. The number of hydrogen-bond acceptors (Lipinski definition) is 0. The first kappa shape index (κ1) is 60.4. The Labute approximate surface area is 52.2 Å². The molecular weight excluding hydrogens is 135 g/mol. The number of hydrogen-bond donors (Lipinski definition) is 0. The van der Waals surface area contributed by atoms with Crippen LogP contribution in [0.4, 0.5) is 0 Å². The van der Waals surface area contributed by atoms with Crippen LogP contribution in [0.3, 0.4) is 0 Å². The third-order valence-corrected chi connectivity index (χ3v) is 0. The van der Waals surface area contributed by atoms with Gasteiger partial charge < -0.3 is 30.3 Å². The molecule has 0 aliphatic rings. The van der Waals surface area contributed by atoms with Gasteiger partial charge in [-0.15, -0.1) is 0 Å². The third kappa shape index (κ3) is 10.5. The first-order chi connectivity index (χ1) is 0. The van der Waals surface area contributed by atoms with Gasteiger partial charge in [0.1, 0.15) is 0 Å². The molecular formula is Cl2OTi. The van der Waals surface area contributed by atoms with Crippen LogP contribution < -0.4 is 24.8 Å². The smallest absolute Gasteiger partial charge is 2.00 e. The van der Waals surface area contributed by atoms with Crippen molar-refractivity contribution in [1.29, 1.82) is 0 Å². The standard InChI is InChI=1S/2ClH.O.Ti/h2*1H;;/q;;-2;+4/p-2. The molecule has 0 radical (unpaired) electrons. The van der Waals surface area contributed by atoms with Crippen LogP contribution in [0.5, 0.6) is 0 Å². The fourth-order valence-corrected chi connectivity index (χ4v) is 0. The molecule has 0 fully saturated rings. The Morgan fingerprint density at radius 2 is 0.750 bits per heavy atom. The van der Waals surface area contributed by atoms with Gasteiger partial charge in [0.2, 0.25) is 0 Å². The quantitative estimate of drug-likeness (QED) is 0.295. The van der Waals surface area contributed by atoms with Crippen LogP contribution in [-0.2, 0) is 27.2 Å². The summed E-state index contributed by atoms with van der Waals surface area (Å²) < 4.78 is 0. The SMILES string of the molecule is [Cl-].[Cl-].[O-2].[Ti+4]. The molecule has 0 aromatic heterocycles. The van der Waals surface area contributed by atoms with Crippen molar-refractivity contribution < 1.29 is 52.0 Å². The summed E-state index contributed by atoms with van der Waals surface area (Å²) in [6, 6.07) is 0. The summed E-state index contributed by atoms with van der Waals surface area (Å²) in [5, 5.41) is 0. The zero-order valence-electron chi connectivity index (χ0n) is 1.66. The molecule has 0 heterocycles. The minimum atomic E-state index is 0. The molecule has 0 spiro atoms. The van der Waals surface area contributed by atoms with Gasteiger partial charge in [-0.25, -0.2) is 0 Å². The molecule has 24 valence electrons. The van der Waals surface area contributed by atoms with Crippen LogP contribution in [0, 0.1) is 0 Å². The van der Waals surface area contributed by atoms with E-state index in [9.17, 15) is 0 Å². The maximum absolute atomic E-state index is 0. The zero-order chi connectivity index (χ0) is 0. The first-order valence-corrected chi connectivity index (χ1v) is 0. The molecule has 0 N–H and O–H groups in total. The Balaban J connectivity index is 0. The van der Waals surface area contributed by atoms with E-state index >= 15 is 0 Å². The van der Waals surface area contributed by atoms with Crippen LogP contribution >= 0.6 is 0 Å². The van der Waals surface area contributed by atoms with E-state index in [0.717, 1.165) is 0 Å². The molecule has 0 saturated heterocycles. The normalized spacial score (nSPS) is 0. The molecule has 0 unspecified atom stereocenters. The topological polar surface area (TPSA) is 28.5 Å². The molecule has 0 rings (SSSR count). The molecule has 0 atom stereocenters. The van der Waals surface area contributed by atoms with Crippen molar-refractivity contribution in [3.63, 3.8) is 0 Å². The van der Waals surface area contributed by atoms with E-state index in [1.54, 1.807) is 0 Å². The summed E-state index contributed by atoms with van der Waals surface area (Å²) in [6.45, 7) is 0. The van der Waals surface area contributed by atoms with E-state index < -0.39 is 0 Å². The molecule has 0 bridgehead atoms. The second-order valence-electron chi connectivity index (χ2n) is 0. The van der Waals surface area contributed by atoms with Crippen LogP contribution in [0.25, 0.3) is 0 Å². The Morgan fingerprint density at radius 1 is 0.750 bits per heavy atom. The van der Waals surface area contributed by atoms with Crippen molar-refractivity contribution in [2.45, 2.75) is 0 Å². The maximum Gasteiger partial charge on any atom is 4.00 e. The molecule has 0 aromatic carbocycles. The maximum atomic E-state index is 0. The molecule has 0 saturated carbocycles. The van der Waals surface area contributed by atoms with Gasteiger partial charge in [0.05, 0.1) is 0 Å². The Morgan fingerprint density at radius 3 is 0.750 bits per heavy atom. The zero-order valence-corrected chi connectivity index (χ0v) is 4.74. The van der Waals surface area contributed by atoms with Crippen LogP contribution in [-0.4, -0.2) is 0 Å².